The van der Waals surface area contributed by atoms with Gasteiger partial charge in [0.25, 0.3) is 5.91 Å². The average molecular weight is 269 g/mol. The van der Waals surface area contributed by atoms with Gasteiger partial charge in [0.15, 0.2) is 0 Å². The first-order chi connectivity index (χ1) is 9.49. The largest absolute Gasteiger partial charge is 0.363 e. The van der Waals surface area contributed by atoms with Crippen LogP contribution in [0.5, 0.6) is 0 Å². The fraction of sp³-hybridized carbons (Fsp3) is 0.250. The molecule has 1 heterocycles. The maximum atomic E-state index is 12.3. The van der Waals surface area contributed by atoms with Gasteiger partial charge in [-0.1, -0.05) is 18.2 Å². The van der Waals surface area contributed by atoms with Gasteiger partial charge in [0.2, 0.25) is 0 Å². The molecule has 104 valence electrons. The first-order valence-corrected chi connectivity index (χ1v) is 6.51. The number of carbonyl (C=O) groups excluding carboxylic acids is 1. The molecule has 4 heteroatoms. The van der Waals surface area contributed by atoms with Crippen molar-refractivity contribution in [2.75, 3.05) is 24.3 Å². The second-order valence-electron chi connectivity index (χ2n) is 4.98. The van der Waals surface area contributed by atoms with Crippen molar-refractivity contribution in [3.05, 3.63) is 53.2 Å². The minimum Gasteiger partial charge on any atom is -0.363 e. The molecule has 20 heavy (non-hydrogen) atoms. The van der Waals surface area contributed by atoms with E-state index in [1.807, 2.05) is 63.2 Å². The summed E-state index contributed by atoms with van der Waals surface area (Å²) in [5.74, 6) is 0.570. The number of aryl methyl sites for hydroxylation is 1. The van der Waals surface area contributed by atoms with E-state index in [0.29, 0.717) is 5.69 Å². The van der Waals surface area contributed by atoms with Crippen LogP contribution in [0.1, 0.15) is 21.6 Å². The Morgan fingerprint density at radius 1 is 1.10 bits per heavy atom. The Kier molecular flexibility index (Phi) is 4.03. The summed E-state index contributed by atoms with van der Waals surface area (Å²) in [6.45, 7) is 4.02. The average Bonchev–Trinajstić information content (AvgIpc) is 2.44. The van der Waals surface area contributed by atoms with E-state index in [9.17, 15) is 4.79 Å². The number of carbonyl (C=O) groups is 1. The summed E-state index contributed by atoms with van der Waals surface area (Å²) in [5.41, 5.74) is 3.46. The maximum Gasteiger partial charge on any atom is 0.274 e. The molecule has 0 aliphatic carbocycles. The van der Waals surface area contributed by atoms with Crippen LogP contribution in [0.25, 0.3) is 0 Å². The molecular weight excluding hydrogens is 250 g/mol. The van der Waals surface area contributed by atoms with E-state index in [0.717, 1.165) is 22.6 Å². The van der Waals surface area contributed by atoms with Crippen molar-refractivity contribution < 1.29 is 4.79 Å². The number of nitrogens with zero attached hydrogens (tertiary/aromatic N) is 2. The topological polar surface area (TPSA) is 45.2 Å². The van der Waals surface area contributed by atoms with Crippen molar-refractivity contribution in [3.8, 4) is 0 Å². The summed E-state index contributed by atoms with van der Waals surface area (Å²) in [5, 5.41) is 2.91. The fourth-order valence-electron chi connectivity index (χ4n) is 1.87. The predicted octanol–water partition coefficient (Wildman–Crippen LogP) is 3.02. The smallest absolute Gasteiger partial charge is 0.274 e. The van der Waals surface area contributed by atoms with Gasteiger partial charge in [-0.15, -0.1) is 0 Å². The van der Waals surface area contributed by atoms with E-state index < -0.39 is 0 Å². The minimum atomic E-state index is -0.192. The maximum absolute atomic E-state index is 12.3. The van der Waals surface area contributed by atoms with Crippen LogP contribution < -0.4 is 10.2 Å². The third-order valence-corrected chi connectivity index (χ3v) is 3.28. The van der Waals surface area contributed by atoms with Crippen LogP contribution in [0.4, 0.5) is 11.5 Å². The molecule has 0 bridgehead atoms. The van der Waals surface area contributed by atoms with Crippen LogP contribution >= 0.6 is 0 Å². The molecule has 0 aliphatic rings. The van der Waals surface area contributed by atoms with E-state index in [1.54, 1.807) is 6.07 Å². The number of benzene rings is 1. The minimum absolute atomic E-state index is 0.192. The summed E-state index contributed by atoms with van der Waals surface area (Å²) < 4.78 is 0. The Morgan fingerprint density at radius 2 is 1.80 bits per heavy atom. The number of nitrogens with one attached hydrogen (secondary N) is 1. The highest BCUT2D eigenvalue weighted by atomic mass is 16.1. The second kappa shape index (κ2) is 5.74. The molecule has 0 saturated heterocycles. The van der Waals surface area contributed by atoms with Crippen molar-refractivity contribution in [1.29, 1.82) is 0 Å². The molecule has 0 radical (unpaired) electrons. The zero-order valence-electron chi connectivity index (χ0n) is 12.3. The molecular formula is C16H19N3O. The molecule has 1 aromatic heterocycles. The van der Waals surface area contributed by atoms with Gasteiger partial charge in [-0.25, -0.2) is 4.98 Å². The zero-order valence-corrected chi connectivity index (χ0v) is 12.3. The van der Waals surface area contributed by atoms with E-state index in [1.165, 1.54) is 0 Å². The Bertz CT molecular complexity index is 635. The van der Waals surface area contributed by atoms with Crippen LogP contribution in [0, 0.1) is 13.8 Å². The molecule has 2 rings (SSSR count). The number of aromatic nitrogens is 1. The first kappa shape index (κ1) is 14.1. The molecule has 2 aromatic rings. The highest BCUT2D eigenvalue weighted by Gasteiger charge is 2.11. The number of pyridine rings is 1. The lowest BCUT2D eigenvalue weighted by atomic mass is 10.1. The summed E-state index contributed by atoms with van der Waals surface area (Å²) in [6, 6.07) is 11.3. The standard InChI is InChI=1S/C16H19N3O/c1-11-7-5-8-13(12(11)2)18-16(20)14-9-6-10-15(17-14)19(3)4/h5-10H,1-4H3,(H,18,20). The fourth-order valence-corrected chi connectivity index (χ4v) is 1.87. The number of hydrogen-bond acceptors (Lipinski definition) is 3. The second-order valence-corrected chi connectivity index (χ2v) is 4.98. The number of anilines is 2. The van der Waals surface area contributed by atoms with Crippen molar-refractivity contribution in [2.24, 2.45) is 0 Å². The van der Waals surface area contributed by atoms with Crippen molar-refractivity contribution >= 4 is 17.4 Å². The molecule has 1 N–H and O–H groups in total. The summed E-state index contributed by atoms with van der Waals surface area (Å²) >= 11 is 0. The van der Waals surface area contributed by atoms with Crippen LogP contribution in [-0.4, -0.2) is 25.0 Å². The van der Waals surface area contributed by atoms with Crippen molar-refractivity contribution in [3.63, 3.8) is 0 Å². The molecule has 1 amide bonds. The van der Waals surface area contributed by atoms with Gasteiger partial charge in [-0.3, -0.25) is 4.79 Å². The van der Waals surface area contributed by atoms with E-state index in [2.05, 4.69) is 10.3 Å². The molecule has 0 spiro atoms. The van der Waals surface area contributed by atoms with E-state index in [-0.39, 0.29) is 5.91 Å². The molecule has 0 unspecified atom stereocenters. The lowest BCUT2D eigenvalue weighted by molar-refractivity contribution is 0.102. The number of amides is 1. The van der Waals surface area contributed by atoms with Crippen LogP contribution in [0.3, 0.4) is 0 Å². The van der Waals surface area contributed by atoms with Gasteiger partial charge in [0.1, 0.15) is 11.5 Å². The monoisotopic (exact) mass is 269 g/mol. The van der Waals surface area contributed by atoms with E-state index >= 15 is 0 Å². The van der Waals surface area contributed by atoms with Crippen LogP contribution in [0.2, 0.25) is 0 Å². The Balaban J connectivity index is 2.24. The van der Waals surface area contributed by atoms with Gasteiger partial charge in [-0.2, -0.15) is 0 Å². The van der Waals surface area contributed by atoms with Crippen molar-refractivity contribution in [2.45, 2.75) is 13.8 Å². The van der Waals surface area contributed by atoms with Crippen LogP contribution in [-0.2, 0) is 0 Å². The molecule has 0 atom stereocenters. The third kappa shape index (κ3) is 2.96. The third-order valence-electron chi connectivity index (χ3n) is 3.28. The van der Waals surface area contributed by atoms with Gasteiger partial charge in [-0.05, 0) is 43.2 Å². The molecule has 0 fully saturated rings. The first-order valence-electron chi connectivity index (χ1n) is 6.51. The molecule has 4 nitrogen and oxygen atoms in total. The van der Waals surface area contributed by atoms with Gasteiger partial charge >= 0.3 is 0 Å². The lowest BCUT2D eigenvalue weighted by Crippen LogP contribution is -2.17. The Labute approximate surface area is 119 Å². The SMILES string of the molecule is Cc1cccc(NC(=O)c2cccc(N(C)C)n2)c1C. The lowest BCUT2D eigenvalue weighted by Gasteiger charge is -2.13. The van der Waals surface area contributed by atoms with E-state index in [4.69, 9.17) is 0 Å². The van der Waals surface area contributed by atoms with Crippen LogP contribution in [0.15, 0.2) is 36.4 Å². The molecule has 0 aliphatic heterocycles. The Hall–Kier alpha value is -2.36. The highest BCUT2D eigenvalue weighted by Crippen LogP contribution is 2.19. The van der Waals surface area contributed by atoms with Crippen molar-refractivity contribution in [1.82, 2.24) is 4.98 Å². The van der Waals surface area contributed by atoms with Gasteiger partial charge in [0.05, 0.1) is 0 Å². The number of hydrogen-bond donors (Lipinski definition) is 1. The quantitative estimate of drug-likeness (QED) is 0.931. The Morgan fingerprint density at radius 3 is 2.50 bits per heavy atom. The normalized spacial score (nSPS) is 10.2. The van der Waals surface area contributed by atoms with Gasteiger partial charge < -0.3 is 10.2 Å². The highest BCUT2D eigenvalue weighted by molar-refractivity contribution is 6.03. The molecule has 1 aromatic carbocycles. The van der Waals surface area contributed by atoms with Gasteiger partial charge in [0, 0.05) is 19.8 Å². The zero-order chi connectivity index (χ0) is 14.7. The number of rotatable bonds is 3. The summed E-state index contributed by atoms with van der Waals surface area (Å²) in [6.07, 6.45) is 0. The summed E-state index contributed by atoms with van der Waals surface area (Å²) in [4.78, 5) is 18.5. The molecule has 0 saturated carbocycles. The summed E-state index contributed by atoms with van der Waals surface area (Å²) in [7, 11) is 3.80. The predicted molar refractivity (Wildman–Crippen MR) is 82.4 cm³/mol.